The Morgan fingerprint density at radius 2 is 2.19 bits per heavy atom. The van der Waals surface area contributed by atoms with Crippen LogP contribution in [0.15, 0.2) is 16.5 Å². The molecule has 1 N–H and O–H groups in total. The molecule has 1 fully saturated rings. The Morgan fingerprint density at radius 3 is 2.81 bits per heavy atom. The van der Waals surface area contributed by atoms with Gasteiger partial charge in [0.1, 0.15) is 11.5 Å². The van der Waals surface area contributed by atoms with Gasteiger partial charge in [-0.1, -0.05) is 0 Å². The minimum atomic E-state index is -3.32. The minimum Gasteiger partial charge on any atom is -0.465 e. The van der Waals surface area contributed by atoms with E-state index in [1.165, 1.54) is 18.4 Å². The molecule has 1 saturated heterocycles. The summed E-state index contributed by atoms with van der Waals surface area (Å²) >= 11 is 0. The molecular weight excluding hydrogens is 290 g/mol. The van der Waals surface area contributed by atoms with Gasteiger partial charge in [-0.25, -0.2) is 4.72 Å². The number of rotatable bonds is 6. The van der Waals surface area contributed by atoms with Gasteiger partial charge in [0.15, 0.2) is 0 Å². The third-order valence-corrected chi connectivity index (χ3v) is 5.31. The number of nitrogens with zero attached hydrogens (tertiary/aromatic N) is 2. The van der Waals surface area contributed by atoms with Crippen molar-refractivity contribution in [2.24, 2.45) is 5.92 Å². The molecule has 0 aromatic carbocycles. The molecule has 1 atom stereocenters. The highest BCUT2D eigenvalue weighted by atomic mass is 32.2. The highest BCUT2D eigenvalue weighted by Crippen LogP contribution is 2.19. The molecule has 2 heterocycles. The standard InChI is InChI=1S/C14H25N3O3S/c1-12-6-7-14(20-12)11-17-8-4-5-13(10-17)9-15-21(18,19)16(2)3/h6-7,13,15H,4-5,8-11H2,1-3H3/t13-/m0/s1. The number of nitrogens with one attached hydrogen (secondary N) is 1. The van der Waals surface area contributed by atoms with Crippen LogP contribution in [0.4, 0.5) is 0 Å². The molecule has 0 spiro atoms. The summed E-state index contributed by atoms with van der Waals surface area (Å²) in [5.74, 6) is 2.25. The molecule has 0 unspecified atom stereocenters. The van der Waals surface area contributed by atoms with Gasteiger partial charge in [0.25, 0.3) is 10.2 Å². The van der Waals surface area contributed by atoms with Crippen LogP contribution in [0.5, 0.6) is 0 Å². The van der Waals surface area contributed by atoms with Crippen LogP contribution in [0.2, 0.25) is 0 Å². The lowest BCUT2D eigenvalue weighted by molar-refractivity contribution is 0.157. The first-order valence-corrected chi connectivity index (χ1v) is 8.75. The smallest absolute Gasteiger partial charge is 0.278 e. The fraction of sp³-hybridized carbons (Fsp3) is 0.714. The zero-order valence-electron chi connectivity index (χ0n) is 13.0. The van der Waals surface area contributed by atoms with E-state index in [2.05, 4.69) is 9.62 Å². The van der Waals surface area contributed by atoms with Crippen molar-refractivity contribution in [2.45, 2.75) is 26.3 Å². The van der Waals surface area contributed by atoms with Crippen molar-refractivity contribution in [1.29, 1.82) is 0 Å². The third-order valence-electron chi connectivity index (χ3n) is 3.81. The average molecular weight is 315 g/mol. The van der Waals surface area contributed by atoms with Crippen molar-refractivity contribution in [1.82, 2.24) is 13.9 Å². The summed E-state index contributed by atoms with van der Waals surface area (Å²) in [6.45, 7) is 5.17. The Morgan fingerprint density at radius 1 is 1.43 bits per heavy atom. The summed E-state index contributed by atoms with van der Waals surface area (Å²) in [4.78, 5) is 2.33. The molecule has 1 aliphatic rings. The second-order valence-corrected chi connectivity index (χ2v) is 7.86. The molecule has 2 rings (SSSR count). The molecule has 0 aliphatic carbocycles. The molecule has 1 aromatic heterocycles. The van der Waals surface area contributed by atoms with E-state index in [1.807, 2.05) is 19.1 Å². The molecule has 21 heavy (non-hydrogen) atoms. The van der Waals surface area contributed by atoms with Gasteiger partial charge in [-0.15, -0.1) is 0 Å². The Bertz CT molecular complexity index is 554. The van der Waals surface area contributed by atoms with Crippen LogP contribution in [0.1, 0.15) is 24.4 Å². The van der Waals surface area contributed by atoms with Gasteiger partial charge in [-0.2, -0.15) is 12.7 Å². The summed E-state index contributed by atoms with van der Waals surface area (Å²) in [5.41, 5.74) is 0. The van der Waals surface area contributed by atoms with Crippen LogP contribution in [0, 0.1) is 12.8 Å². The van der Waals surface area contributed by atoms with E-state index in [0.29, 0.717) is 12.5 Å². The number of hydrogen-bond donors (Lipinski definition) is 1. The maximum atomic E-state index is 11.7. The van der Waals surface area contributed by atoms with Gasteiger partial charge >= 0.3 is 0 Å². The van der Waals surface area contributed by atoms with E-state index in [0.717, 1.165) is 44.0 Å². The van der Waals surface area contributed by atoms with E-state index < -0.39 is 10.2 Å². The summed E-state index contributed by atoms with van der Waals surface area (Å²) in [5, 5.41) is 0. The quantitative estimate of drug-likeness (QED) is 0.856. The highest BCUT2D eigenvalue weighted by molar-refractivity contribution is 7.87. The first-order chi connectivity index (χ1) is 9.87. The van der Waals surface area contributed by atoms with Gasteiger partial charge in [0.2, 0.25) is 0 Å². The number of likely N-dealkylation sites (tertiary alicyclic amines) is 1. The van der Waals surface area contributed by atoms with Crippen LogP contribution in [0.3, 0.4) is 0 Å². The van der Waals surface area contributed by atoms with Crippen LogP contribution >= 0.6 is 0 Å². The monoisotopic (exact) mass is 315 g/mol. The van der Waals surface area contributed by atoms with E-state index >= 15 is 0 Å². The van der Waals surface area contributed by atoms with Crippen molar-refractivity contribution in [2.75, 3.05) is 33.7 Å². The second kappa shape index (κ2) is 6.91. The maximum Gasteiger partial charge on any atom is 0.278 e. The molecule has 6 nitrogen and oxygen atoms in total. The number of furan rings is 1. The van der Waals surface area contributed by atoms with Crippen LogP contribution in [-0.2, 0) is 16.8 Å². The Kier molecular flexibility index (Phi) is 5.43. The lowest BCUT2D eigenvalue weighted by Gasteiger charge is -2.32. The predicted octanol–water partition coefficient (Wildman–Crippen LogP) is 1.20. The van der Waals surface area contributed by atoms with E-state index in [4.69, 9.17) is 4.42 Å². The van der Waals surface area contributed by atoms with Crippen LogP contribution < -0.4 is 4.72 Å². The Hall–Kier alpha value is -0.890. The zero-order chi connectivity index (χ0) is 15.5. The van der Waals surface area contributed by atoms with Gasteiger partial charge < -0.3 is 4.42 Å². The summed E-state index contributed by atoms with van der Waals surface area (Å²) in [6.07, 6.45) is 2.15. The summed E-state index contributed by atoms with van der Waals surface area (Å²) in [6, 6.07) is 3.98. The van der Waals surface area contributed by atoms with E-state index in [-0.39, 0.29) is 0 Å². The van der Waals surface area contributed by atoms with Gasteiger partial charge in [0.05, 0.1) is 6.54 Å². The van der Waals surface area contributed by atoms with Gasteiger partial charge in [-0.05, 0) is 44.4 Å². The van der Waals surface area contributed by atoms with Crippen LogP contribution in [0.25, 0.3) is 0 Å². The molecule has 1 aliphatic heterocycles. The topological polar surface area (TPSA) is 65.8 Å². The molecule has 120 valence electrons. The third kappa shape index (κ3) is 4.81. The SMILES string of the molecule is Cc1ccc(CN2CCC[C@@H](CNS(=O)(=O)N(C)C)C2)o1. The fourth-order valence-electron chi connectivity index (χ4n) is 2.60. The molecule has 1 aromatic rings. The first-order valence-electron chi connectivity index (χ1n) is 7.31. The van der Waals surface area contributed by atoms with Crippen LogP contribution in [-0.4, -0.2) is 51.4 Å². The molecule has 0 amide bonds. The minimum absolute atomic E-state index is 0.351. The van der Waals surface area contributed by atoms with Gasteiger partial charge in [0, 0.05) is 27.2 Å². The lowest BCUT2D eigenvalue weighted by atomic mass is 9.98. The second-order valence-electron chi connectivity index (χ2n) is 5.89. The first kappa shape index (κ1) is 16.5. The Balaban J connectivity index is 1.83. The van der Waals surface area contributed by atoms with Crippen molar-refractivity contribution in [3.8, 4) is 0 Å². The average Bonchev–Trinajstić information content (AvgIpc) is 2.82. The predicted molar refractivity (Wildman–Crippen MR) is 82.1 cm³/mol. The number of hydrogen-bond acceptors (Lipinski definition) is 4. The fourth-order valence-corrected chi connectivity index (χ4v) is 3.31. The molecule has 7 heteroatoms. The van der Waals surface area contributed by atoms with Crippen molar-refractivity contribution < 1.29 is 12.8 Å². The molecule has 0 saturated carbocycles. The normalized spacial score (nSPS) is 21.0. The zero-order valence-corrected chi connectivity index (χ0v) is 13.8. The number of aryl methyl sites for hydroxylation is 1. The van der Waals surface area contributed by atoms with E-state index in [9.17, 15) is 8.42 Å². The Labute approximate surface area is 127 Å². The van der Waals surface area contributed by atoms with Crippen molar-refractivity contribution in [3.05, 3.63) is 23.7 Å². The molecule has 0 bridgehead atoms. The van der Waals surface area contributed by atoms with Gasteiger partial charge in [-0.3, -0.25) is 4.90 Å². The summed E-state index contributed by atoms with van der Waals surface area (Å²) < 4.78 is 32.9. The summed E-state index contributed by atoms with van der Waals surface area (Å²) in [7, 11) is -0.251. The largest absolute Gasteiger partial charge is 0.465 e. The van der Waals surface area contributed by atoms with Crippen molar-refractivity contribution in [3.63, 3.8) is 0 Å². The lowest BCUT2D eigenvalue weighted by Crippen LogP contribution is -2.43. The maximum absolute atomic E-state index is 11.7. The molecular formula is C14H25N3O3S. The molecule has 0 radical (unpaired) electrons. The van der Waals surface area contributed by atoms with E-state index in [1.54, 1.807) is 0 Å². The highest BCUT2D eigenvalue weighted by Gasteiger charge is 2.23. The van der Waals surface area contributed by atoms with Crippen molar-refractivity contribution >= 4 is 10.2 Å². The number of piperidine rings is 1.